The molecule has 1 saturated heterocycles. The smallest absolute Gasteiger partial charge is 0.382 e. The highest BCUT2D eigenvalue weighted by atomic mass is 35.5. The zero-order valence-electron chi connectivity index (χ0n) is 22.2. The van der Waals surface area contributed by atoms with Crippen molar-refractivity contribution < 1.29 is 23.1 Å². The molecule has 1 N–H and O–H groups in total. The van der Waals surface area contributed by atoms with Gasteiger partial charge in [0.25, 0.3) is 0 Å². The van der Waals surface area contributed by atoms with E-state index in [4.69, 9.17) is 23.2 Å². The summed E-state index contributed by atoms with van der Waals surface area (Å²) in [5.41, 5.74) is -0.0490. The Kier molecular flexibility index (Phi) is 8.30. The summed E-state index contributed by atoms with van der Waals surface area (Å²) >= 11 is 12.4. The molecule has 3 heterocycles. The molecule has 222 valence electrons. The predicted octanol–water partition coefficient (Wildman–Crippen LogP) is 3.24. The van der Waals surface area contributed by atoms with Crippen molar-refractivity contribution in [3.8, 4) is 17.1 Å². The van der Waals surface area contributed by atoms with E-state index in [0.29, 0.717) is 53.4 Å². The van der Waals surface area contributed by atoms with Gasteiger partial charge in [-0.1, -0.05) is 35.3 Å². The molecule has 5 rings (SSSR count). The number of aliphatic hydroxyl groups is 1. The molecule has 0 bridgehead atoms. The van der Waals surface area contributed by atoms with Gasteiger partial charge in [-0.2, -0.15) is 22.8 Å². The van der Waals surface area contributed by atoms with Crippen LogP contribution in [0.25, 0.3) is 17.1 Å². The van der Waals surface area contributed by atoms with E-state index in [-0.39, 0.29) is 24.1 Å². The van der Waals surface area contributed by atoms with Crippen molar-refractivity contribution in [2.45, 2.75) is 32.3 Å². The fraction of sp³-hybridized carbons (Fsp3) is 0.346. The predicted molar refractivity (Wildman–Crippen MR) is 149 cm³/mol. The number of alkyl halides is 3. The number of para-hydroxylation sites is 1. The molecule has 42 heavy (non-hydrogen) atoms. The minimum absolute atomic E-state index is 0.0370. The van der Waals surface area contributed by atoms with Crippen LogP contribution in [0.15, 0.2) is 53.3 Å². The van der Waals surface area contributed by atoms with E-state index in [9.17, 15) is 27.9 Å². The lowest BCUT2D eigenvalue weighted by atomic mass is 10.2. The third-order valence-corrected chi connectivity index (χ3v) is 7.34. The zero-order chi connectivity index (χ0) is 30.2. The van der Waals surface area contributed by atoms with Gasteiger partial charge in [0, 0.05) is 43.7 Å². The topological polar surface area (TPSA) is 114 Å². The summed E-state index contributed by atoms with van der Waals surface area (Å²) in [4.78, 5) is 33.4. The molecule has 0 aliphatic carbocycles. The number of nitrogens with zero attached hydrogens (tertiary/aromatic N) is 8. The Morgan fingerprint density at radius 2 is 1.69 bits per heavy atom. The molecule has 2 aromatic carbocycles. The SMILES string of the molecule is CC(=O)N1CCN(c2nc(Cn3nc(-c4ccc(Cl)cc4)n(CC(O)C(F)(F)F)c3=O)nn2-c2ccccc2Cl)CC1. The fourth-order valence-corrected chi connectivity index (χ4v) is 4.90. The second kappa shape index (κ2) is 11.8. The van der Waals surface area contributed by atoms with Crippen LogP contribution in [0.4, 0.5) is 19.1 Å². The summed E-state index contributed by atoms with van der Waals surface area (Å²) in [6.07, 6.45) is -7.74. The average Bonchev–Trinajstić information content (AvgIpc) is 3.50. The Balaban J connectivity index is 1.54. The van der Waals surface area contributed by atoms with Gasteiger partial charge >= 0.3 is 11.9 Å². The highest BCUT2D eigenvalue weighted by Gasteiger charge is 2.39. The van der Waals surface area contributed by atoms with Gasteiger partial charge in [-0.15, -0.1) is 10.2 Å². The average molecular weight is 625 g/mol. The van der Waals surface area contributed by atoms with Crippen LogP contribution in [-0.2, 0) is 17.9 Å². The highest BCUT2D eigenvalue weighted by molar-refractivity contribution is 6.32. The van der Waals surface area contributed by atoms with Gasteiger partial charge in [-0.25, -0.2) is 9.48 Å². The molecule has 1 aliphatic heterocycles. The second-order valence-electron chi connectivity index (χ2n) is 9.62. The number of piperazine rings is 1. The maximum absolute atomic E-state index is 13.3. The van der Waals surface area contributed by atoms with E-state index in [2.05, 4.69) is 15.2 Å². The Morgan fingerprint density at radius 3 is 2.31 bits per heavy atom. The number of amides is 1. The normalized spacial score (nSPS) is 14.8. The second-order valence-corrected chi connectivity index (χ2v) is 10.5. The molecule has 1 aliphatic rings. The van der Waals surface area contributed by atoms with Crippen molar-refractivity contribution in [1.82, 2.24) is 34.0 Å². The molecular weight excluding hydrogens is 600 g/mol. The van der Waals surface area contributed by atoms with Crippen LogP contribution >= 0.6 is 23.2 Å². The van der Waals surface area contributed by atoms with Crippen molar-refractivity contribution in [1.29, 1.82) is 0 Å². The van der Waals surface area contributed by atoms with Crippen molar-refractivity contribution >= 4 is 35.1 Å². The monoisotopic (exact) mass is 624 g/mol. The summed E-state index contributed by atoms with van der Waals surface area (Å²) < 4.78 is 42.9. The Labute approximate surface area is 247 Å². The molecule has 0 saturated carbocycles. The summed E-state index contributed by atoms with van der Waals surface area (Å²) in [5.74, 6) is 0.431. The molecule has 1 fully saturated rings. The summed E-state index contributed by atoms with van der Waals surface area (Å²) in [5, 5.41) is 19.4. The van der Waals surface area contributed by atoms with E-state index < -0.39 is 24.5 Å². The van der Waals surface area contributed by atoms with E-state index in [1.807, 2.05) is 4.90 Å². The highest BCUT2D eigenvalue weighted by Crippen LogP contribution is 2.27. The van der Waals surface area contributed by atoms with Gasteiger partial charge in [-0.3, -0.25) is 9.36 Å². The molecular formula is C26H25Cl2F3N8O3. The lowest BCUT2D eigenvalue weighted by Crippen LogP contribution is -2.48. The number of halogens is 5. The number of anilines is 1. The summed E-state index contributed by atoms with van der Waals surface area (Å²) in [7, 11) is 0. The first-order valence-corrected chi connectivity index (χ1v) is 13.6. The number of aliphatic hydroxyl groups excluding tert-OH is 1. The largest absolute Gasteiger partial charge is 0.416 e. The fourth-order valence-electron chi connectivity index (χ4n) is 4.55. The maximum Gasteiger partial charge on any atom is 0.416 e. The molecule has 1 unspecified atom stereocenters. The molecule has 11 nitrogen and oxygen atoms in total. The van der Waals surface area contributed by atoms with Crippen molar-refractivity contribution in [2.24, 2.45) is 0 Å². The van der Waals surface area contributed by atoms with Crippen LogP contribution in [0.1, 0.15) is 12.7 Å². The Morgan fingerprint density at radius 1 is 1.02 bits per heavy atom. The summed E-state index contributed by atoms with van der Waals surface area (Å²) in [6.45, 7) is 2.02. The number of benzene rings is 2. The molecule has 0 spiro atoms. The van der Waals surface area contributed by atoms with E-state index in [1.54, 1.807) is 29.2 Å². The lowest BCUT2D eigenvalue weighted by molar-refractivity contribution is -0.207. The van der Waals surface area contributed by atoms with Gasteiger partial charge in [0.15, 0.2) is 17.8 Å². The Bertz CT molecular complexity index is 1640. The number of aromatic nitrogens is 6. The zero-order valence-corrected chi connectivity index (χ0v) is 23.7. The first kappa shape index (κ1) is 29.6. The minimum atomic E-state index is -4.95. The number of rotatable bonds is 7. The van der Waals surface area contributed by atoms with Crippen molar-refractivity contribution in [3.63, 3.8) is 0 Å². The molecule has 1 atom stereocenters. The first-order chi connectivity index (χ1) is 19.9. The van der Waals surface area contributed by atoms with E-state index in [1.165, 1.54) is 35.9 Å². The molecule has 16 heteroatoms. The third kappa shape index (κ3) is 6.15. The summed E-state index contributed by atoms with van der Waals surface area (Å²) in [6, 6.07) is 13.0. The maximum atomic E-state index is 13.3. The van der Waals surface area contributed by atoms with Crippen molar-refractivity contribution in [2.75, 3.05) is 31.1 Å². The lowest BCUT2D eigenvalue weighted by Gasteiger charge is -2.34. The van der Waals surface area contributed by atoms with Crippen LogP contribution < -0.4 is 10.6 Å². The minimum Gasteiger partial charge on any atom is -0.382 e. The number of carbonyl (C=O) groups excluding carboxylic acids is 1. The number of hydrogen-bond acceptors (Lipinski definition) is 7. The molecule has 1 amide bonds. The number of hydrogen-bond donors (Lipinski definition) is 1. The van der Waals surface area contributed by atoms with E-state index >= 15 is 0 Å². The standard InChI is InChI=1S/C26H25Cl2F3N8O3/c1-16(40)35-10-12-36(13-11-35)24-32-22(33-39(24)20-5-3-2-4-19(20)28)15-38-25(42)37(14-21(41)26(29,30)31)23(34-38)17-6-8-18(27)9-7-17/h2-9,21,41H,10-15H2,1H3. The molecule has 0 radical (unpaired) electrons. The van der Waals surface area contributed by atoms with Crippen LogP contribution in [0.5, 0.6) is 0 Å². The van der Waals surface area contributed by atoms with Gasteiger partial charge in [0.1, 0.15) is 6.54 Å². The first-order valence-electron chi connectivity index (χ1n) is 12.8. The quantitative estimate of drug-likeness (QED) is 0.336. The van der Waals surface area contributed by atoms with Gasteiger partial charge in [0.05, 0.1) is 17.3 Å². The third-order valence-electron chi connectivity index (χ3n) is 6.77. The van der Waals surface area contributed by atoms with Crippen LogP contribution in [0, 0.1) is 0 Å². The van der Waals surface area contributed by atoms with Gasteiger partial charge in [-0.05, 0) is 36.4 Å². The van der Waals surface area contributed by atoms with Crippen molar-refractivity contribution in [3.05, 3.63) is 74.9 Å². The Hall–Kier alpha value is -3.88. The van der Waals surface area contributed by atoms with Crippen LogP contribution in [-0.4, -0.2) is 83.5 Å². The van der Waals surface area contributed by atoms with Crippen LogP contribution in [0.3, 0.4) is 0 Å². The molecule has 4 aromatic rings. The van der Waals surface area contributed by atoms with Gasteiger partial charge < -0.3 is 14.9 Å². The van der Waals surface area contributed by atoms with E-state index in [0.717, 1.165) is 9.25 Å². The molecule has 2 aromatic heterocycles. The van der Waals surface area contributed by atoms with Crippen LogP contribution in [0.2, 0.25) is 10.0 Å². The van der Waals surface area contributed by atoms with Gasteiger partial charge in [0.2, 0.25) is 11.9 Å². The number of carbonyl (C=O) groups is 1.